The van der Waals surface area contributed by atoms with E-state index in [0.29, 0.717) is 13.0 Å². The zero-order chi connectivity index (χ0) is 7.40. The normalized spacial score (nSPS) is 26.2. The van der Waals surface area contributed by atoms with Crippen LogP contribution in [0.5, 0.6) is 0 Å². The second-order valence-corrected chi connectivity index (χ2v) is 2.27. The Morgan fingerprint density at radius 2 is 2.50 bits per heavy atom. The average Bonchev–Trinajstić information content (AvgIpc) is 1.88. The number of carbonyl (C=O) groups excluding carboxylic acids is 1. The van der Waals surface area contributed by atoms with Gasteiger partial charge < -0.3 is 15.2 Å². The molecule has 4 nitrogen and oxygen atoms in total. The molecule has 0 saturated carbocycles. The zero-order valence-electron chi connectivity index (χ0n) is 5.71. The topological polar surface area (TPSA) is 61.6 Å². The molecule has 58 valence electrons. The molecule has 0 aromatic carbocycles. The van der Waals surface area contributed by atoms with Crippen LogP contribution in [0.4, 0.5) is 0 Å². The molecule has 0 aromatic heterocycles. The van der Waals surface area contributed by atoms with Gasteiger partial charge in [-0.15, -0.1) is 0 Å². The summed E-state index contributed by atoms with van der Waals surface area (Å²) in [5, 5.41) is 0. The third kappa shape index (κ3) is 2.33. The van der Waals surface area contributed by atoms with Gasteiger partial charge in [-0.1, -0.05) is 0 Å². The van der Waals surface area contributed by atoms with E-state index in [1.54, 1.807) is 0 Å². The maximum Gasteiger partial charge on any atom is 0.220 e. The highest BCUT2D eigenvalue weighted by Gasteiger charge is 2.15. The molecule has 1 saturated heterocycles. The van der Waals surface area contributed by atoms with Gasteiger partial charge in [-0.25, -0.2) is 0 Å². The number of nitrogens with two attached hydrogens (primary N) is 1. The molecular formula is C6H11NO3. The lowest BCUT2D eigenvalue weighted by Gasteiger charge is -2.21. The van der Waals surface area contributed by atoms with E-state index < -0.39 is 0 Å². The number of amides is 1. The van der Waals surface area contributed by atoms with Crippen molar-refractivity contribution in [1.82, 2.24) is 0 Å². The molecule has 1 atom stereocenters. The quantitative estimate of drug-likeness (QED) is 0.576. The van der Waals surface area contributed by atoms with Crippen molar-refractivity contribution in [3.8, 4) is 0 Å². The first-order chi connectivity index (χ1) is 4.79. The molecule has 0 aromatic rings. The summed E-state index contributed by atoms with van der Waals surface area (Å²) in [6, 6.07) is 0. The summed E-state index contributed by atoms with van der Waals surface area (Å²) in [5.41, 5.74) is 4.96. The van der Waals surface area contributed by atoms with Crippen molar-refractivity contribution in [3.05, 3.63) is 0 Å². The molecule has 1 aliphatic heterocycles. The number of hydrogen-bond acceptors (Lipinski definition) is 3. The lowest BCUT2D eigenvalue weighted by atomic mass is 10.2. The summed E-state index contributed by atoms with van der Waals surface area (Å²) >= 11 is 0. The smallest absolute Gasteiger partial charge is 0.220 e. The summed E-state index contributed by atoms with van der Waals surface area (Å²) in [6.07, 6.45) is 1.05. The number of primary amides is 1. The SMILES string of the molecule is NC(=O)CC1CCOCO1. The van der Waals surface area contributed by atoms with Gasteiger partial charge in [0, 0.05) is 0 Å². The number of rotatable bonds is 2. The van der Waals surface area contributed by atoms with Gasteiger partial charge in [0.25, 0.3) is 0 Å². The highest BCUT2D eigenvalue weighted by atomic mass is 16.7. The van der Waals surface area contributed by atoms with Crippen molar-refractivity contribution in [2.75, 3.05) is 13.4 Å². The minimum atomic E-state index is -0.313. The Kier molecular flexibility index (Phi) is 2.65. The first-order valence-corrected chi connectivity index (χ1v) is 3.26. The van der Waals surface area contributed by atoms with Crippen LogP contribution >= 0.6 is 0 Å². The Morgan fingerprint density at radius 3 is 3.00 bits per heavy atom. The fraction of sp³-hybridized carbons (Fsp3) is 0.833. The monoisotopic (exact) mass is 145 g/mol. The molecule has 1 fully saturated rings. The summed E-state index contributed by atoms with van der Waals surface area (Å²) in [7, 11) is 0. The molecule has 1 amide bonds. The molecule has 0 radical (unpaired) electrons. The van der Waals surface area contributed by atoms with Gasteiger partial charge in [-0.05, 0) is 6.42 Å². The zero-order valence-corrected chi connectivity index (χ0v) is 5.71. The third-order valence-electron chi connectivity index (χ3n) is 1.40. The van der Waals surface area contributed by atoms with Crippen molar-refractivity contribution in [1.29, 1.82) is 0 Å². The highest BCUT2D eigenvalue weighted by Crippen LogP contribution is 2.08. The van der Waals surface area contributed by atoms with Crippen LogP contribution < -0.4 is 5.73 Å². The van der Waals surface area contributed by atoms with Crippen LogP contribution in [0.2, 0.25) is 0 Å². The molecule has 2 N–H and O–H groups in total. The van der Waals surface area contributed by atoms with Gasteiger partial charge in [0.1, 0.15) is 6.79 Å². The van der Waals surface area contributed by atoms with E-state index in [1.165, 1.54) is 0 Å². The first-order valence-electron chi connectivity index (χ1n) is 3.26. The lowest BCUT2D eigenvalue weighted by Crippen LogP contribution is -2.28. The van der Waals surface area contributed by atoms with Crippen molar-refractivity contribution >= 4 is 5.91 Å². The minimum Gasteiger partial charge on any atom is -0.370 e. The van der Waals surface area contributed by atoms with Gasteiger partial charge in [-0.3, -0.25) is 4.79 Å². The molecule has 0 aliphatic carbocycles. The van der Waals surface area contributed by atoms with Gasteiger partial charge >= 0.3 is 0 Å². The Balaban J connectivity index is 2.19. The fourth-order valence-corrected chi connectivity index (χ4v) is 0.887. The number of hydrogen-bond donors (Lipinski definition) is 1. The van der Waals surface area contributed by atoms with Crippen LogP contribution in [-0.4, -0.2) is 25.4 Å². The predicted octanol–water partition coefficient (Wildman–Crippen LogP) is -0.375. The Morgan fingerprint density at radius 1 is 1.70 bits per heavy atom. The standard InChI is InChI=1S/C6H11NO3/c7-6(8)3-5-1-2-9-4-10-5/h5H,1-4H2,(H2,7,8). The molecule has 1 aliphatic rings. The van der Waals surface area contributed by atoms with Crippen LogP contribution in [0.3, 0.4) is 0 Å². The Bertz CT molecular complexity index is 120. The first kappa shape index (κ1) is 7.50. The second-order valence-electron chi connectivity index (χ2n) is 2.27. The molecule has 4 heteroatoms. The van der Waals surface area contributed by atoms with E-state index in [0.717, 1.165) is 6.42 Å². The Hall–Kier alpha value is -0.610. The van der Waals surface area contributed by atoms with Crippen LogP contribution in [0.25, 0.3) is 0 Å². The van der Waals surface area contributed by atoms with Crippen molar-refractivity contribution < 1.29 is 14.3 Å². The molecular weight excluding hydrogens is 134 g/mol. The molecule has 1 unspecified atom stereocenters. The molecule has 0 bridgehead atoms. The third-order valence-corrected chi connectivity index (χ3v) is 1.40. The molecule has 1 heterocycles. The largest absolute Gasteiger partial charge is 0.370 e. The van der Waals surface area contributed by atoms with E-state index in [2.05, 4.69) is 0 Å². The van der Waals surface area contributed by atoms with Crippen molar-refractivity contribution in [2.45, 2.75) is 18.9 Å². The minimum absolute atomic E-state index is 0.0220. The van der Waals surface area contributed by atoms with E-state index in [1.807, 2.05) is 0 Å². The maximum atomic E-state index is 10.4. The number of ether oxygens (including phenoxy) is 2. The lowest BCUT2D eigenvalue weighted by molar-refractivity contribution is -0.147. The van der Waals surface area contributed by atoms with Gasteiger partial charge in [0.05, 0.1) is 19.1 Å². The van der Waals surface area contributed by atoms with Crippen molar-refractivity contribution in [2.24, 2.45) is 5.73 Å². The van der Waals surface area contributed by atoms with Crippen LogP contribution in [-0.2, 0) is 14.3 Å². The summed E-state index contributed by atoms with van der Waals surface area (Å²) in [6.45, 7) is 0.954. The van der Waals surface area contributed by atoms with E-state index in [4.69, 9.17) is 15.2 Å². The van der Waals surface area contributed by atoms with Crippen LogP contribution in [0.1, 0.15) is 12.8 Å². The van der Waals surface area contributed by atoms with E-state index in [-0.39, 0.29) is 18.8 Å². The highest BCUT2D eigenvalue weighted by molar-refractivity contribution is 5.74. The predicted molar refractivity (Wildman–Crippen MR) is 34.1 cm³/mol. The molecule has 10 heavy (non-hydrogen) atoms. The van der Waals surface area contributed by atoms with Crippen LogP contribution in [0.15, 0.2) is 0 Å². The van der Waals surface area contributed by atoms with Gasteiger partial charge in [-0.2, -0.15) is 0 Å². The Labute approximate surface area is 59.3 Å². The van der Waals surface area contributed by atoms with Crippen LogP contribution in [0, 0.1) is 0 Å². The maximum absolute atomic E-state index is 10.4. The van der Waals surface area contributed by atoms with E-state index >= 15 is 0 Å². The van der Waals surface area contributed by atoms with Gasteiger partial charge in [0.2, 0.25) is 5.91 Å². The van der Waals surface area contributed by atoms with Crippen molar-refractivity contribution in [3.63, 3.8) is 0 Å². The summed E-state index contributed by atoms with van der Waals surface area (Å²) in [4.78, 5) is 10.4. The van der Waals surface area contributed by atoms with E-state index in [9.17, 15) is 4.79 Å². The average molecular weight is 145 g/mol. The number of carbonyl (C=O) groups is 1. The summed E-state index contributed by atoms with van der Waals surface area (Å²) < 4.78 is 9.97. The molecule has 0 spiro atoms. The molecule has 1 rings (SSSR count). The summed E-state index contributed by atoms with van der Waals surface area (Å²) in [5.74, 6) is -0.313. The van der Waals surface area contributed by atoms with Gasteiger partial charge in [0.15, 0.2) is 0 Å². The second kappa shape index (κ2) is 3.53. The fourth-order valence-electron chi connectivity index (χ4n) is 0.887.